The van der Waals surface area contributed by atoms with Crippen molar-refractivity contribution < 1.29 is 9.18 Å². The van der Waals surface area contributed by atoms with Crippen molar-refractivity contribution in [2.24, 2.45) is 0 Å². The highest BCUT2D eigenvalue weighted by atomic mass is 35.5. The molecule has 0 spiro atoms. The maximum absolute atomic E-state index is 12.9. The molecule has 124 valence electrons. The van der Waals surface area contributed by atoms with E-state index in [4.69, 9.17) is 0 Å². The van der Waals surface area contributed by atoms with Crippen molar-refractivity contribution in [2.75, 3.05) is 6.54 Å². The minimum absolute atomic E-state index is 0. The summed E-state index contributed by atoms with van der Waals surface area (Å²) in [5.74, 6) is -0.173. The first kappa shape index (κ1) is 17.8. The molecule has 0 bridgehead atoms. The molecule has 1 aliphatic rings. The topological polar surface area (TPSA) is 54.0 Å². The summed E-state index contributed by atoms with van der Waals surface area (Å²) in [6.07, 6.45) is 2.95. The van der Waals surface area contributed by atoms with Crippen LogP contribution in [0.5, 0.6) is 0 Å². The number of thiazole rings is 1. The van der Waals surface area contributed by atoms with E-state index in [0.717, 1.165) is 42.1 Å². The molecule has 1 atom stereocenters. The van der Waals surface area contributed by atoms with Gasteiger partial charge in [-0.15, -0.1) is 23.7 Å². The average Bonchev–Trinajstić information content (AvgIpc) is 2.90. The van der Waals surface area contributed by atoms with E-state index in [2.05, 4.69) is 15.6 Å². The van der Waals surface area contributed by atoms with Crippen LogP contribution < -0.4 is 10.6 Å². The number of aromatic nitrogens is 1. The predicted octanol–water partition coefficient (Wildman–Crippen LogP) is 3.13. The van der Waals surface area contributed by atoms with Gasteiger partial charge in [0.2, 0.25) is 5.91 Å². The molecule has 23 heavy (non-hydrogen) atoms. The van der Waals surface area contributed by atoms with Crippen LogP contribution in [0.3, 0.4) is 0 Å². The summed E-state index contributed by atoms with van der Waals surface area (Å²) in [7, 11) is 0. The molecule has 1 aromatic carbocycles. The van der Waals surface area contributed by atoms with Gasteiger partial charge in [-0.3, -0.25) is 4.79 Å². The normalized spacial score (nSPS) is 18.0. The Kier molecular flexibility index (Phi) is 6.50. The number of carbonyl (C=O) groups excluding carboxylic acids is 1. The molecular formula is C16H19ClFN3OS. The Morgan fingerprint density at radius 2 is 2.09 bits per heavy atom. The van der Waals surface area contributed by atoms with Gasteiger partial charge in [-0.05, 0) is 43.5 Å². The molecule has 1 unspecified atom stereocenters. The Bertz CT molecular complexity index is 647. The number of hydrogen-bond donors (Lipinski definition) is 2. The molecule has 1 amide bonds. The predicted molar refractivity (Wildman–Crippen MR) is 92.2 cm³/mol. The van der Waals surface area contributed by atoms with Crippen LogP contribution in [0.15, 0.2) is 29.6 Å². The van der Waals surface area contributed by atoms with E-state index < -0.39 is 0 Å². The smallest absolute Gasteiger partial charge is 0.237 e. The lowest BCUT2D eigenvalue weighted by atomic mass is 10.1. The monoisotopic (exact) mass is 355 g/mol. The number of halogens is 2. The molecule has 7 heteroatoms. The fourth-order valence-corrected chi connectivity index (χ4v) is 3.30. The standard InChI is InChI=1S/C16H18FN3OS.ClH/c17-12-6-4-11(5-7-12)16-20-13(10-22-16)9-19-14-3-1-2-8-18-15(14)21;/h4-7,10,14,19H,1-3,8-9H2,(H,18,21);1H. The third kappa shape index (κ3) is 4.73. The first-order chi connectivity index (χ1) is 10.7. The number of hydrogen-bond acceptors (Lipinski definition) is 4. The molecule has 0 aliphatic carbocycles. The summed E-state index contributed by atoms with van der Waals surface area (Å²) in [5, 5.41) is 9.02. The number of nitrogens with zero attached hydrogens (tertiary/aromatic N) is 1. The lowest BCUT2D eigenvalue weighted by molar-refractivity contribution is -0.122. The summed E-state index contributed by atoms with van der Waals surface area (Å²) in [5.41, 5.74) is 1.81. The van der Waals surface area contributed by atoms with Crippen molar-refractivity contribution in [1.82, 2.24) is 15.6 Å². The van der Waals surface area contributed by atoms with Crippen LogP contribution in [0.2, 0.25) is 0 Å². The van der Waals surface area contributed by atoms with Gasteiger partial charge in [0, 0.05) is 24.0 Å². The zero-order valence-corrected chi connectivity index (χ0v) is 14.2. The second kappa shape index (κ2) is 8.38. The van der Waals surface area contributed by atoms with E-state index in [9.17, 15) is 9.18 Å². The zero-order valence-electron chi connectivity index (χ0n) is 12.5. The van der Waals surface area contributed by atoms with Crippen molar-refractivity contribution in [3.63, 3.8) is 0 Å². The van der Waals surface area contributed by atoms with Crippen molar-refractivity contribution in [3.05, 3.63) is 41.2 Å². The van der Waals surface area contributed by atoms with Gasteiger partial charge in [-0.2, -0.15) is 0 Å². The van der Waals surface area contributed by atoms with Gasteiger partial charge >= 0.3 is 0 Å². The van der Waals surface area contributed by atoms with Crippen LogP contribution in [-0.4, -0.2) is 23.5 Å². The molecule has 0 saturated carbocycles. The van der Waals surface area contributed by atoms with E-state index in [-0.39, 0.29) is 30.2 Å². The number of benzene rings is 1. The quantitative estimate of drug-likeness (QED) is 0.886. The first-order valence-corrected chi connectivity index (χ1v) is 8.32. The summed E-state index contributed by atoms with van der Waals surface area (Å²) >= 11 is 1.53. The molecule has 0 radical (unpaired) electrons. The van der Waals surface area contributed by atoms with Crippen LogP contribution in [0.1, 0.15) is 25.0 Å². The van der Waals surface area contributed by atoms with E-state index in [1.807, 2.05) is 5.38 Å². The number of carbonyl (C=O) groups is 1. The second-order valence-electron chi connectivity index (χ2n) is 5.37. The summed E-state index contributed by atoms with van der Waals surface area (Å²) in [6.45, 7) is 1.33. The van der Waals surface area contributed by atoms with Gasteiger partial charge in [-0.1, -0.05) is 0 Å². The van der Waals surface area contributed by atoms with Crippen molar-refractivity contribution in [2.45, 2.75) is 31.8 Å². The molecule has 4 nitrogen and oxygen atoms in total. The Labute approximate surface area is 144 Å². The summed E-state index contributed by atoms with van der Waals surface area (Å²) < 4.78 is 12.9. The second-order valence-corrected chi connectivity index (χ2v) is 6.23. The highest BCUT2D eigenvalue weighted by Crippen LogP contribution is 2.23. The molecule has 1 saturated heterocycles. The SMILES string of the molecule is Cl.O=C1NCCCCC1NCc1csc(-c2ccc(F)cc2)n1. The number of nitrogens with one attached hydrogen (secondary N) is 2. The Morgan fingerprint density at radius 1 is 1.30 bits per heavy atom. The van der Waals surface area contributed by atoms with Gasteiger partial charge in [0.25, 0.3) is 0 Å². The molecule has 2 heterocycles. The molecule has 2 aromatic rings. The highest BCUT2D eigenvalue weighted by Gasteiger charge is 2.20. The van der Waals surface area contributed by atoms with E-state index in [1.54, 1.807) is 12.1 Å². The minimum atomic E-state index is -0.249. The summed E-state index contributed by atoms with van der Waals surface area (Å²) in [6, 6.07) is 6.18. The third-order valence-corrected chi connectivity index (χ3v) is 4.65. The first-order valence-electron chi connectivity index (χ1n) is 7.44. The minimum Gasteiger partial charge on any atom is -0.355 e. The molecule has 1 aliphatic heterocycles. The van der Waals surface area contributed by atoms with Crippen LogP contribution in [-0.2, 0) is 11.3 Å². The number of rotatable bonds is 4. The van der Waals surface area contributed by atoms with E-state index in [1.165, 1.54) is 23.5 Å². The van der Waals surface area contributed by atoms with Crippen molar-refractivity contribution >= 4 is 29.7 Å². The van der Waals surface area contributed by atoms with Crippen LogP contribution in [0.25, 0.3) is 10.6 Å². The zero-order chi connectivity index (χ0) is 15.4. The molecule has 3 rings (SSSR count). The summed E-state index contributed by atoms with van der Waals surface area (Å²) in [4.78, 5) is 16.4. The lowest BCUT2D eigenvalue weighted by Gasteiger charge is -2.13. The Balaban J connectivity index is 0.00000192. The highest BCUT2D eigenvalue weighted by molar-refractivity contribution is 7.13. The largest absolute Gasteiger partial charge is 0.355 e. The van der Waals surface area contributed by atoms with E-state index >= 15 is 0 Å². The average molecular weight is 356 g/mol. The Hall–Kier alpha value is -1.50. The van der Waals surface area contributed by atoms with Gasteiger partial charge in [-0.25, -0.2) is 9.37 Å². The van der Waals surface area contributed by atoms with Crippen LogP contribution in [0.4, 0.5) is 4.39 Å². The molecule has 1 aromatic heterocycles. The fourth-order valence-electron chi connectivity index (χ4n) is 2.48. The number of amides is 1. The maximum Gasteiger partial charge on any atom is 0.237 e. The van der Waals surface area contributed by atoms with Gasteiger partial charge in [0.1, 0.15) is 10.8 Å². The fraction of sp³-hybridized carbons (Fsp3) is 0.375. The van der Waals surface area contributed by atoms with Crippen molar-refractivity contribution in [1.29, 1.82) is 0 Å². The third-order valence-electron chi connectivity index (χ3n) is 3.71. The molecule has 2 N–H and O–H groups in total. The van der Waals surface area contributed by atoms with Gasteiger partial charge < -0.3 is 10.6 Å². The van der Waals surface area contributed by atoms with Crippen molar-refractivity contribution in [3.8, 4) is 10.6 Å². The molecular weight excluding hydrogens is 337 g/mol. The van der Waals surface area contributed by atoms with Crippen LogP contribution >= 0.6 is 23.7 Å². The lowest BCUT2D eigenvalue weighted by Crippen LogP contribution is -2.42. The van der Waals surface area contributed by atoms with Crippen LogP contribution in [0, 0.1) is 5.82 Å². The van der Waals surface area contributed by atoms with E-state index in [0.29, 0.717) is 6.54 Å². The molecule has 1 fully saturated rings. The Morgan fingerprint density at radius 3 is 2.87 bits per heavy atom. The van der Waals surface area contributed by atoms with Gasteiger partial charge in [0.15, 0.2) is 0 Å². The van der Waals surface area contributed by atoms with Gasteiger partial charge in [0.05, 0.1) is 11.7 Å². The maximum atomic E-state index is 12.9.